The van der Waals surface area contributed by atoms with Gasteiger partial charge in [-0.25, -0.2) is 13.1 Å². The molecule has 0 aliphatic heterocycles. The molecule has 0 fully saturated rings. The van der Waals surface area contributed by atoms with Crippen molar-refractivity contribution < 1.29 is 8.42 Å². The maximum absolute atomic E-state index is 11.3. The smallest absolute Gasteiger partial charge is 0.211 e. The van der Waals surface area contributed by atoms with Crippen molar-refractivity contribution in [3.63, 3.8) is 0 Å². The van der Waals surface area contributed by atoms with E-state index in [4.69, 9.17) is 0 Å². The van der Waals surface area contributed by atoms with Crippen molar-refractivity contribution in [3.8, 4) is 0 Å². The maximum Gasteiger partial charge on any atom is 0.211 e. The standard InChI is InChI=1S/C15H28N4O2S2/c1-4-16-15(17-9-7-10-19-23(20,21)5-2)18-12-13(3)14-8-6-11-22-14/h6,8,11,13,19H,4-5,7,9-10,12H2,1-3H3,(H2,16,17,18). The van der Waals surface area contributed by atoms with E-state index in [1.54, 1.807) is 18.3 Å². The van der Waals surface area contributed by atoms with Gasteiger partial charge in [0.2, 0.25) is 10.0 Å². The molecular formula is C15H28N4O2S2. The Morgan fingerprint density at radius 2 is 2.09 bits per heavy atom. The average molecular weight is 361 g/mol. The van der Waals surface area contributed by atoms with Crippen LogP contribution in [0.25, 0.3) is 0 Å². The van der Waals surface area contributed by atoms with E-state index < -0.39 is 10.0 Å². The second-order valence-electron chi connectivity index (χ2n) is 5.21. The first-order chi connectivity index (χ1) is 11.0. The molecule has 0 aromatic carbocycles. The fraction of sp³-hybridized carbons (Fsp3) is 0.667. The van der Waals surface area contributed by atoms with Gasteiger partial charge in [-0.15, -0.1) is 11.3 Å². The molecule has 6 nitrogen and oxygen atoms in total. The van der Waals surface area contributed by atoms with Crippen LogP contribution in [0.4, 0.5) is 0 Å². The molecule has 0 amide bonds. The van der Waals surface area contributed by atoms with Gasteiger partial charge in [0.25, 0.3) is 0 Å². The fourth-order valence-electron chi connectivity index (χ4n) is 1.86. The number of sulfonamides is 1. The highest BCUT2D eigenvalue weighted by Crippen LogP contribution is 2.20. The van der Waals surface area contributed by atoms with Crippen LogP contribution in [0, 0.1) is 0 Å². The van der Waals surface area contributed by atoms with Crippen LogP contribution in [-0.2, 0) is 10.0 Å². The Labute approximate surface area is 143 Å². The van der Waals surface area contributed by atoms with Crippen LogP contribution >= 0.6 is 11.3 Å². The van der Waals surface area contributed by atoms with Crippen LogP contribution < -0.4 is 15.4 Å². The Balaban J connectivity index is 2.35. The number of nitrogens with zero attached hydrogens (tertiary/aromatic N) is 1. The van der Waals surface area contributed by atoms with E-state index in [1.807, 2.05) is 6.92 Å². The van der Waals surface area contributed by atoms with Gasteiger partial charge < -0.3 is 10.6 Å². The van der Waals surface area contributed by atoms with Crippen molar-refractivity contribution in [1.82, 2.24) is 15.4 Å². The SMILES string of the molecule is CCNC(=NCC(C)c1cccs1)NCCCNS(=O)(=O)CC. The normalized spacial score (nSPS) is 13.8. The van der Waals surface area contributed by atoms with Gasteiger partial charge >= 0.3 is 0 Å². The summed E-state index contributed by atoms with van der Waals surface area (Å²) in [6.45, 7) is 8.44. The molecule has 1 heterocycles. The number of guanidine groups is 1. The molecule has 0 saturated heterocycles. The van der Waals surface area contributed by atoms with Crippen molar-refractivity contribution in [2.45, 2.75) is 33.1 Å². The zero-order chi connectivity index (χ0) is 17.1. The Morgan fingerprint density at radius 3 is 2.70 bits per heavy atom. The summed E-state index contributed by atoms with van der Waals surface area (Å²) in [6, 6.07) is 4.19. The number of thiophene rings is 1. The molecule has 0 bridgehead atoms. The van der Waals surface area contributed by atoms with Crippen LogP contribution in [0.5, 0.6) is 0 Å². The third-order valence-corrected chi connectivity index (χ3v) is 5.75. The zero-order valence-electron chi connectivity index (χ0n) is 14.1. The van der Waals surface area contributed by atoms with Crippen LogP contribution in [0.1, 0.15) is 38.0 Å². The Morgan fingerprint density at radius 1 is 1.30 bits per heavy atom. The summed E-state index contributed by atoms with van der Waals surface area (Å²) in [7, 11) is -3.10. The molecule has 0 saturated carbocycles. The number of aliphatic imine (C=N–C) groups is 1. The summed E-state index contributed by atoms with van der Waals surface area (Å²) in [5.41, 5.74) is 0. The van der Waals surface area contributed by atoms with E-state index in [9.17, 15) is 8.42 Å². The van der Waals surface area contributed by atoms with E-state index in [1.165, 1.54) is 4.88 Å². The van der Waals surface area contributed by atoms with Crippen LogP contribution in [0.15, 0.2) is 22.5 Å². The van der Waals surface area contributed by atoms with E-state index in [-0.39, 0.29) is 5.75 Å². The Kier molecular flexibility index (Phi) is 9.20. The molecule has 23 heavy (non-hydrogen) atoms. The summed E-state index contributed by atoms with van der Waals surface area (Å²) in [5, 5.41) is 8.52. The molecule has 0 radical (unpaired) electrons. The van der Waals surface area contributed by atoms with Crippen molar-refractivity contribution in [1.29, 1.82) is 0 Å². The van der Waals surface area contributed by atoms with E-state index in [0.29, 0.717) is 25.4 Å². The first-order valence-corrected chi connectivity index (χ1v) is 10.5. The number of hydrogen-bond acceptors (Lipinski definition) is 4. The molecule has 1 aromatic rings. The second kappa shape index (κ2) is 10.6. The van der Waals surface area contributed by atoms with Gasteiger partial charge in [-0.1, -0.05) is 13.0 Å². The van der Waals surface area contributed by atoms with Crippen molar-refractivity contribution in [2.24, 2.45) is 4.99 Å². The number of hydrogen-bond donors (Lipinski definition) is 3. The summed E-state index contributed by atoms with van der Waals surface area (Å²) in [4.78, 5) is 5.93. The largest absolute Gasteiger partial charge is 0.357 e. The Hall–Kier alpha value is -1.12. The minimum atomic E-state index is -3.10. The minimum absolute atomic E-state index is 0.116. The lowest BCUT2D eigenvalue weighted by atomic mass is 10.1. The van der Waals surface area contributed by atoms with Gasteiger partial charge in [-0.3, -0.25) is 4.99 Å². The third kappa shape index (κ3) is 8.34. The molecule has 0 spiro atoms. The van der Waals surface area contributed by atoms with E-state index >= 15 is 0 Å². The lowest BCUT2D eigenvalue weighted by Gasteiger charge is -2.13. The monoisotopic (exact) mass is 360 g/mol. The summed E-state index contributed by atoms with van der Waals surface area (Å²) in [5.74, 6) is 1.28. The van der Waals surface area contributed by atoms with Gasteiger partial charge in [0, 0.05) is 30.4 Å². The van der Waals surface area contributed by atoms with Crippen LogP contribution in [0.3, 0.4) is 0 Å². The average Bonchev–Trinajstić information content (AvgIpc) is 3.06. The summed E-state index contributed by atoms with van der Waals surface area (Å²) >= 11 is 1.75. The lowest BCUT2D eigenvalue weighted by molar-refractivity contribution is 0.579. The molecule has 0 aliphatic rings. The predicted molar refractivity (Wildman–Crippen MR) is 98.8 cm³/mol. The topological polar surface area (TPSA) is 82.6 Å². The third-order valence-electron chi connectivity index (χ3n) is 3.24. The van der Waals surface area contributed by atoms with E-state index in [2.05, 4.69) is 44.8 Å². The highest BCUT2D eigenvalue weighted by molar-refractivity contribution is 7.89. The maximum atomic E-state index is 11.3. The molecular weight excluding hydrogens is 332 g/mol. The van der Waals surface area contributed by atoms with Gasteiger partial charge in [0.05, 0.1) is 12.3 Å². The zero-order valence-corrected chi connectivity index (χ0v) is 15.8. The second-order valence-corrected chi connectivity index (χ2v) is 8.29. The van der Waals surface area contributed by atoms with Gasteiger partial charge in [-0.2, -0.15) is 0 Å². The van der Waals surface area contributed by atoms with Crippen molar-refractivity contribution in [2.75, 3.05) is 31.9 Å². The quantitative estimate of drug-likeness (QED) is 0.337. The molecule has 1 aromatic heterocycles. The van der Waals surface area contributed by atoms with Crippen molar-refractivity contribution >= 4 is 27.3 Å². The fourth-order valence-corrected chi connectivity index (χ4v) is 3.29. The van der Waals surface area contributed by atoms with Crippen LogP contribution in [-0.4, -0.2) is 46.3 Å². The Bertz CT molecular complexity index is 556. The number of nitrogens with one attached hydrogen (secondary N) is 3. The van der Waals surface area contributed by atoms with Gasteiger partial charge in [0.1, 0.15) is 0 Å². The summed E-state index contributed by atoms with van der Waals surface area (Å²) in [6.07, 6.45) is 0.712. The number of rotatable bonds is 10. The van der Waals surface area contributed by atoms with Gasteiger partial charge in [0.15, 0.2) is 5.96 Å². The molecule has 1 atom stereocenters. The molecule has 1 rings (SSSR count). The van der Waals surface area contributed by atoms with Gasteiger partial charge in [-0.05, 0) is 31.7 Å². The van der Waals surface area contributed by atoms with Crippen LogP contribution in [0.2, 0.25) is 0 Å². The molecule has 1 unspecified atom stereocenters. The lowest BCUT2D eigenvalue weighted by Crippen LogP contribution is -2.39. The molecule has 8 heteroatoms. The first-order valence-electron chi connectivity index (χ1n) is 8.01. The predicted octanol–water partition coefficient (Wildman–Crippen LogP) is 1.74. The highest BCUT2D eigenvalue weighted by atomic mass is 32.2. The first kappa shape index (κ1) is 19.9. The van der Waals surface area contributed by atoms with Crippen molar-refractivity contribution in [3.05, 3.63) is 22.4 Å². The summed E-state index contributed by atoms with van der Waals surface area (Å²) < 4.78 is 25.2. The molecule has 0 aliphatic carbocycles. The highest BCUT2D eigenvalue weighted by Gasteiger charge is 2.07. The minimum Gasteiger partial charge on any atom is -0.357 e. The van der Waals surface area contributed by atoms with E-state index in [0.717, 1.165) is 19.0 Å². The molecule has 3 N–H and O–H groups in total. The molecule has 132 valence electrons.